The van der Waals surface area contributed by atoms with E-state index >= 15 is 0 Å². The Kier molecular flexibility index (Phi) is 3.71. The SMILES string of the molecule is NC1CC(c2ccc(Br)c(Cl)c2)Oc2cc(F)ccc21. The average molecular weight is 357 g/mol. The Balaban J connectivity index is 1.96. The maximum Gasteiger partial charge on any atom is 0.127 e. The van der Waals surface area contributed by atoms with Crippen LogP contribution >= 0.6 is 27.5 Å². The zero-order chi connectivity index (χ0) is 14.3. The van der Waals surface area contributed by atoms with Crippen LogP contribution in [0.3, 0.4) is 0 Å². The van der Waals surface area contributed by atoms with Crippen molar-refractivity contribution in [3.05, 3.63) is 62.8 Å². The summed E-state index contributed by atoms with van der Waals surface area (Å²) in [6.07, 6.45) is 0.418. The second-order valence-corrected chi connectivity index (χ2v) is 6.07. The van der Waals surface area contributed by atoms with E-state index < -0.39 is 0 Å². The van der Waals surface area contributed by atoms with Crippen molar-refractivity contribution in [2.45, 2.75) is 18.6 Å². The fourth-order valence-corrected chi connectivity index (χ4v) is 2.83. The van der Waals surface area contributed by atoms with Gasteiger partial charge in [0.05, 0.1) is 5.02 Å². The number of nitrogens with two attached hydrogens (primary N) is 1. The van der Waals surface area contributed by atoms with E-state index in [9.17, 15) is 4.39 Å². The van der Waals surface area contributed by atoms with Crippen LogP contribution in [0.2, 0.25) is 5.02 Å². The minimum Gasteiger partial charge on any atom is -0.485 e. The lowest BCUT2D eigenvalue weighted by Gasteiger charge is -2.30. The van der Waals surface area contributed by atoms with E-state index in [2.05, 4.69) is 15.9 Å². The maximum atomic E-state index is 13.3. The van der Waals surface area contributed by atoms with Gasteiger partial charge < -0.3 is 10.5 Å². The summed E-state index contributed by atoms with van der Waals surface area (Å²) >= 11 is 9.45. The van der Waals surface area contributed by atoms with Gasteiger partial charge in [0.2, 0.25) is 0 Å². The molecule has 1 aliphatic rings. The molecule has 0 aromatic heterocycles. The third-order valence-electron chi connectivity index (χ3n) is 3.43. The molecule has 2 nitrogen and oxygen atoms in total. The Morgan fingerprint density at radius 3 is 2.80 bits per heavy atom. The van der Waals surface area contributed by atoms with Gasteiger partial charge in [-0.3, -0.25) is 0 Å². The maximum absolute atomic E-state index is 13.3. The number of halogens is 3. The molecule has 2 aromatic carbocycles. The third kappa shape index (κ3) is 2.55. The quantitative estimate of drug-likeness (QED) is 0.799. The molecule has 0 radical (unpaired) electrons. The summed E-state index contributed by atoms with van der Waals surface area (Å²) in [5.74, 6) is 0.179. The lowest BCUT2D eigenvalue weighted by atomic mass is 9.93. The Labute approximate surface area is 129 Å². The van der Waals surface area contributed by atoms with Gasteiger partial charge in [0.25, 0.3) is 0 Å². The highest BCUT2D eigenvalue weighted by molar-refractivity contribution is 9.10. The van der Waals surface area contributed by atoms with E-state index in [1.807, 2.05) is 18.2 Å². The molecule has 0 bridgehead atoms. The molecule has 2 aromatic rings. The van der Waals surface area contributed by atoms with Crippen molar-refractivity contribution in [1.82, 2.24) is 0 Å². The highest BCUT2D eigenvalue weighted by atomic mass is 79.9. The van der Waals surface area contributed by atoms with Gasteiger partial charge in [-0.15, -0.1) is 0 Å². The summed E-state index contributed by atoms with van der Waals surface area (Å²) in [4.78, 5) is 0. The fraction of sp³-hybridized carbons (Fsp3) is 0.200. The molecule has 0 aliphatic carbocycles. The smallest absolute Gasteiger partial charge is 0.127 e. The molecule has 2 unspecified atom stereocenters. The number of fused-ring (bicyclic) bond motifs is 1. The molecule has 20 heavy (non-hydrogen) atoms. The molecule has 2 atom stereocenters. The molecule has 0 amide bonds. The number of hydrogen-bond donors (Lipinski definition) is 1. The Hall–Kier alpha value is -1.10. The fourth-order valence-electron chi connectivity index (χ4n) is 2.39. The van der Waals surface area contributed by atoms with Crippen LogP contribution in [0.15, 0.2) is 40.9 Å². The molecule has 104 valence electrons. The van der Waals surface area contributed by atoms with Crippen molar-refractivity contribution in [3.8, 4) is 5.75 Å². The zero-order valence-corrected chi connectivity index (χ0v) is 12.8. The summed E-state index contributed by atoms with van der Waals surface area (Å²) in [5.41, 5.74) is 7.92. The van der Waals surface area contributed by atoms with Crippen molar-refractivity contribution in [1.29, 1.82) is 0 Å². The first kappa shape index (κ1) is 13.9. The van der Waals surface area contributed by atoms with E-state index in [0.717, 1.165) is 15.6 Å². The summed E-state index contributed by atoms with van der Waals surface area (Å²) in [7, 11) is 0. The molecule has 1 aliphatic heterocycles. The molecule has 1 heterocycles. The Morgan fingerprint density at radius 2 is 2.05 bits per heavy atom. The highest BCUT2D eigenvalue weighted by Crippen LogP contribution is 2.40. The van der Waals surface area contributed by atoms with E-state index in [0.29, 0.717) is 17.2 Å². The van der Waals surface area contributed by atoms with Gasteiger partial charge in [-0.1, -0.05) is 23.7 Å². The number of hydrogen-bond acceptors (Lipinski definition) is 2. The molecule has 5 heteroatoms. The molecule has 3 rings (SSSR count). The number of rotatable bonds is 1. The van der Waals surface area contributed by atoms with Gasteiger partial charge >= 0.3 is 0 Å². The van der Waals surface area contributed by atoms with Crippen molar-refractivity contribution in [2.75, 3.05) is 0 Å². The molecular weight excluding hydrogens is 345 g/mol. The Morgan fingerprint density at radius 1 is 1.25 bits per heavy atom. The molecule has 0 fully saturated rings. The monoisotopic (exact) mass is 355 g/mol. The van der Waals surface area contributed by atoms with Gasteiger partial charge in [-0.2, -0.15) is 0 Å². The van der Waals surface area contributed by atoms with Crippen LogP contribution in [0, 0.1) is 5.82 Å². The van der Waals surface area contributed by atoms with Crippen molar-refractivity contribution >= 4 is 27.5 Å². The van der Waals surface area contributed by atoms with E-state index in [1.165, 1.54) is 12.1 Å². The first-order valence-electron chi connectivity index (χ1n) is 6.21. The lowest BCUT2D eigenvalue weighted by Crippen LogP contribution is -2.24. The molecular formula is C15H12BrClFNO. The largest absolute Gasteiger partial charge is 0.485 e. The molecule has 0 saturated heterocycles. The van der Waals surface area contributed by atoms with Crippen LogP contribution in [-0.4, -0.2) is 0 Å². The lowest BCUT2D eigenvalue weighted by molar-refractivity contribution is 0.161. The van der Waals surface area contributed by atoms with Gasteiger partial charge in [-0.25, -0.2) is 4.39 Å². The van der Waals surface area contributed by atoms with Gasteiger partial charge in [0.1, 0.15) is 17.7 Å². The van der Waals surface area contributed by atoms with Crippen LogP contribution < -0.4 is 10.5 Å². The number of benzene rings is 2. The van der Waals surface area contributed by atoms with Crippen LogP contribution in [0.25, 0.3) is 0 Å². The Bertz CT molecular complexity index is 664. The van der Waals surface area contributed by atoms with Crippen molar-refractivity contribution in [3.63, 3.8) is 0 Å². The van der Waals surface area contributed by atoms with Crippen molar-refractivity contribution in [2.24, 2.45) is 5.73 Å². The van der Waals surface area contributed by atoms with Gasteiger partial charge in [0, 0.05) is 28.6 Å². The standard InChI is InChI=1S/C15H12BrClFNO/c16-11-4-1-8(5-12(11)17)14-7-13(19)10-3-2-9(18)6-15(10)20-14/h1-6,13-14H,7,19H2. The average Bonchev–Trinajstić information content (AvgIpc) is 2.41. The third-order valence-corrected chi connectivity index (χ3v) is 4.66. The minimum absolute atomic E-state index is 0.174. The van der Waals surface area contributed by atoms with Crippen LogP contribution in [-0.2, 0) is 0 Å². The molecule has 2 N–H and O–H groups in total. The summed E-state index contributed by atoms with van der Waals surface area (Å²) < 4.78 is 20.0. The first-order valence-corrected chi connectivity index (χ1v) is 7.38. The summed E-state index contributed by atoms with van der Waals surface area (Å²) in [6, 6.07) is 9.92. The topological polar surface area (TPSA) is 35.2 Å². The molecule has 0 saturated carbocycles. The van der Waals surface area contributed by atoms with Crippen molar-refractivity contribution < 1.29 is 9.13 Å². The van der Waals surface area contributed by atoms with Gasteiger partial charge in [0.15, 0.2) is 0 Å². The van der Waals surface area contributed by atoms with Crippen LogP contribution in [0.5, 0.6) is 5.75 Å². The summed E-state index contributed by atoms with van der Waals surface area (Å²) in [6.45, 7) is 0. The predicted molar refractivity (Wildman–Crippen MR) is 80.5 cm³/mol. The predicted octanol–water partition coefficient (Wildman–Crippen LogP) is 4.77. The summed E-state index contributed by atoms with van der Waals surface area (Å²) in [5, 5.41) is 0.615. The normalized spacial score (nSPS) is 21.2. The van der Waals surface area contributed by atoms with Crippen LogP contribution in [0.1, 0.15) is 29.7 Å². The zero-order valence-electron chi connectivity index (χ0n) is 10.4. The van der Waals surface area contributed by atoms with E-state index in [4.69, 9.17) is 22.1 Å². The first-order chi connectivity index (χ1) is 9.54. The number of ether oxygens (including phenoxy) is 1. The van der Waals surface area contributed by atoms with E-state index in [-0.39, 0.29) is 18.0 Å². The molecule has 0 spiro atoms. The van der Waals surface area contributed by atoms with E-state index in [1.54, 1.807) is 6.07 Å². The van der Waals surface area contributed by atoms with Crippen LogP contribution in [0.4, 0.5) is 4.39 Å². The second-order valence-electron chi connectivity index (χ2n) is 4.80. The minimum atomic E-state index is -0.328. The highest BCUT2D eigenvalue weighted by Gasteiger charge is 2.27. The van der Waals surface area contributed by atoms with Gasteiger partial charge in [-0.05, 0) is 39.7 Å². The second kappa shape index (κ2) is 5.35.